The minimum absolute atomic E-state index is 0.121. The average Bonchev–Trinajstić information content (AvgIpc) is 2.81. The summed E-state index contributed by atoms with van der Waals surface area (Å²) >= 11 is 1.48. The van der Waals surface area contributed by atoms with Crippen LogP contribution in [0.3, 0.4) is 0 Å². The maximum atomic E-state index is 12.6. The van der Waals surface area contributed by atoms with Crippen molar-refractivity contribution >= 4 is 27.7 Å². The molecule has 0 N–H and O–H groups in total. The first-order valence-corrected chi connectivity index (χ1v) is 8.82. The molecule has 1 aliphatic rings. The summed E-state index contributed by atoms with van der Waals surface area (Å²) in [5, 5.41) is -0.292. The second-order valence-electron chi connectivity index (χ2n) is 4.32. The van der Waals surface area contributed by atoms with E-state index in [1.54, 1.807) is 12.1 Å². The van der Waals surface area contributed by atoms with Crippen LogP contribution in [0.4, 0.5) is 0 Å². The third-order valence-corrected chi connectivity index (χ3v) is 6.23. The Kier molecular flexibility index (Phi) is 4.59. The molecule has 1 heterocycles. The lowest BCUT2D eigenvalue weighted by atomic mass is 10.3. The number of hydrogen-bond acceptors (Lipinski definition) is 5. The number of sulfonamides is 1. The van der Waals surface area contributed by atoms with Gasteiger partial charge in [0.1, 0.15) is 5.75 Å². The molecule has 1 aliphatic heterocycles. The molecule has 1 amide bonds. The maximum absolute atomic E-state index is 12.6. The molecule has 20 heavy (non-hydrogen) atoms. The van der Waals surface area contributed by atoms with Crippen LogP contribution in [0.15, 0.2) is 29.2 Å². The van der Waals surface area contributed by atoms with Crippen LogP contribution in [0, 0.1) is 0 Å². The minimum Gasteiger partial charge on any atom is -0.497 e. The molecule has 5 nitrogen and oxygen atoms in total. The summed E-state index contributed by atoms with van der Waals surface area (Å²) in [6.07, 6.45) is 0.861. The number of amides is 1. The summed E-state index contributed by atoms with van der Waals surface area (Å²) in [6, 6.07) is 6.09. The summed E-state index contributed by atoms with van der Waals surface area (Å²) in [6.45, 7) is 1.95. The monoisotopic (exact) mass is 315 g/mol. The molecule has 0 bridgehead atoms. The van der Waals surface area contributed by atoms with Gasteiger partial charge in [-0.1, -0.05) is 6.92 Å². The van der Waals surface area contributed by atoms with E-state index in [2.05, 4.69) is 0 Å². The Morgan fingerprint density at radius 3 is 2.55 bits per heavy atom. The van der Waals surface area contributed by atoms with Gasteiger partial charge in [0.25, 0.3) is 10.0 Å². The summed E-state index contributed by atoms with van der Waals surface area (Å²) in [5.74, 6) is 1.02. The molecule has 0 aliphatic carbocycles. The lowest BCUT2D eigenvalue weighted by Crippen LogP contribution is -2.37. The summed E-state index contributed by atoms with van der Waals surface area (Å²) in [7, 11) is -2.26. The summed E-state index contributed by atoms with van der Waals surface area (Å²) < 4.78 is 31.2. The molecule has 110 valence electrons. The molecular formula is C13H17NO4S2. The number of methoxy groups -OCH3 is 1. The Balaban J connectivity index is 2.34. The van der Waals surface area contributed by atoms with E-state index in [4.69, 9.17) is 4.74 Å². The Morgan fingerprint density at radius 2 is 2.00 bits per heavy atom. The normalized spacial score (nSPS) is 19.4. The van der Waals surface area contributed by atoms with Gasteiger partial charge >= 0.3 is 0 Å². The zero-order valence-corrected chi connectivity index (χ0v) is 13.0. The van der Waals surface area contributed by atoms with Crippen molar-refractivity contribution in [3.8, 4) is 5.75 Å². The second-order valence-corrected chi connectivity index (χ2v) is 7.59. The first kappa shape index (κ1) is 15.2. The van der Waals surface area contributed by atoms with Crippen molar-refractivity contribution in [3.05, 3.63) is 24.3 Å². The van der Waals surface area contributed by atoms with E-state index in [1.807, 2.05) is 6.92 Å². The van der Waals surface area contributed by atoms with Crippen molar-refractivity contribution in [1.82, 2.24) is 4.31 Å². The molecule has 0 spiro atoms. The zero-order chi connectivity index (χ0) is 14.8. The number of hydrogen-bond donors (Lipinski definition) is 0. The number of nitrogens with zero attached hydrogens (tertiary/aromatic N) is 1. The van der Waals surface area contributed by atoms with Gasteiger partial charge in [0.15, 0.2) is 0 Å². The summed E-state index contributed by atoms with van der Waals surface area (Å²) in [4.78, 5) is 12.0. The standard InChI is InChI=1S/C13H17NO4S2/c1-3-19-13-9-8-12(15)14(13)20(16,17)11-6-4-10(18-2)5-7-11/h4-7,13H,3,8-9H2,1-2H3. The molecule has 1 unspecified atom stereocenters. The molecule has 0 aromatic heterocycles. The molecule has 2 rings (SSSR count). The van der Waals surface area contributed by atoms with Crippen LogP contribution in [-0.2, 0) is 14.8 Å². The van der Waals surface area contributed by atoms with Crippen LogP contribution in [0.2, 0.25) is 0 Å². The van der Waals surface area contributed by atoms with Crippen LogP contribution in [0.25, 0.3) is 0 Å². The topological polar surface area (TPSA) is 63.7 Å². The van der Waals surface area contributed by atoms with Gasteiger partial charge < -0.3 is 4.74 Å². The highest BCUT2D eigenvalue weighted by Crippen LogP contribution is 2.33. The van der Waals surface area contributed by atoms with Gasteiger partial charge in [0, 0.05) is 6.42 Å². The number of thioether (sulfide) groups is 1. The van der Waals surface area contributed by atoms with E-state index >= 15 is 0 Å². The largest absolute Gasteiger partial charge is 0.497 e. The first-order valence-electron chi connectivity index (χ1n) is 6.33. The number of carbonyl (C=O) groups is 1. The molecule has 0 saturated carbocycles. The van der Waals surface area contributed by atoms with E-state index in [-0.39, 0.29) is 22.6 Å². The van der Waals surface area contributed by atoms with Crippen molar-refractivity contribution in [2.45, 2.75) is 30.0 Å². The third kappa shape index (κ3) is 2.78. The second kappa shape index (κ2) is 6.05. The van der Waals surface area contributed by atoms with E-state index in [1.165, 1.54) is 31.0 Å². The number of rotatable bonds is 5. The van der Waals surface area contributed by atoms with Gasteiger partial charge in [-0.05, 0) is 36.4 Å². The fraction of sp³-hybridized carbons (Fsp3) is 0.462. The zero-order valence-electron chi connectivity index (χ0n) is 11.4. The van der Waals surface area contributed by atoms with Crippen LogP contribution >= 0.6 is 11.8 Å². The van der Waals surface area contributed by atoms with Crippen LogP contribution in [-0.4, -0.2) is 36.9 Å². The minimum atomic E-state index is -3.78. The Bertz CT molecular complexity index is 583. The van der Waals surface area contributed by atoms with Crippen molar-refractivity contribution < 1.29 is 17.9 Å². The highest BCUT2D eigenvalue weighted by Gasteiger charge is 2.40. The lowest BCUT2D eigenvalue weighted by molar-refractivity contribution is -0.123. The molecular weight excluding hydrogens is 298 g/mol. The van der Waals surface area contributed by atoms with Crippen molar-refractivity contribution in [3.63, 3.8) is 0 Å². The molecule has 7 heteroatoms. The first-order chi connectivity index (χ1) is 9.50. The van der Waals surface area contributed by atoms with Crippen LogP contribution in [0.5, 0.6) is 5.75 Å². The van der Waals surface area contributed by atoms with Gasteiger partial charge in [-0.2, -0.15) is 0 Å². The van der Waals surface area contributed by atoms with Gasteiger partial charge in [0.05, 0.1) is 17.4 Å². The molecule has 1 aromatic carbocycles. The smallest absolute Gasteiger partial charge is 0.267 e. The predicted octanol–water partition coefficient (Wildman–Crippen LogP) is 2.09. The third-order valence-electron chi connectivity index (χ3n) is 3.09. The van der Waals surface area contributed by atoms with Crippen LogP contribution < -0.4 is 4.74 Å². The highest BCUT2D eigenvalue weighted by atomic mass is 32.2. The van der Waals surface area contributed by atoms with Crippen molar-refractivity contribution in [1.29, 1.82) is 0 Å². The Hall–Kier alpha value is -1.21. The predicted molar refractivity (Wildman–Crippen MR) is 78.2 cm³/mol. The molecule has 1 atom stereocenters. The van der Waals surface area contributed by atoms with Gasteiger partial charge in [-0.25, -0.2) is 12.7 Å². The average molecular weight is 315 g/mol. The quantitative estimate of drug-likeness (QED) is 0.832. The van der Waals surface area contributed by atoms with E-state index < -0.39 is 10.0 Å². The Labute approximate surface area is 123 Å². The van der Waals surface area contributed by atoms with Crippen molar-refractivity contribution in [2.75, 3.05) is 12.9 Å². The van der Waals surface area contributed by atoms with Crippen molar-refractivity contribution in [2.24, 2.45) is 0 Å². The summed E-state index contributed by atoms with van der Waals surface area (Å²) in [5.41, 5.74) is 0. The van der Waals surface area contributed by atoms with E-state index in [0.717, 1.165) is 10.1 Å². The Morgan fingerprint density at radius 1 is 1.35 bits per heavy atom. The van der Waals surface area contributed by atoms with Crippen LogP contribution in [0.1, 0.15) is 19.8 Å². The highest BCUT2D eigenvalue weighted by molar-refractivity contribution is 8.00. The lowest BCUT2D eigenvalue weighted by Gasteiger charge is -2.23. The number of carbonyl (C=O) groups excluding carboxylic acids is 1. The number of ether oxygens (including phenoxy) is 1. The SMILES string of the molecule is CCSC1CCC(=O)N1S(=O)(=O)c1ccc(OC)cc1. The van der Waals surface area contributed by atoms with Gasteiger partial charge in [0.2, 0.25) is 5.91 Å². The fourth-order valence-electron chi connectivity index (χ4n) is 2.13. The molecule has 0 radical (unpaired) electrons. The molecule has 1 fully saturated rings. The van der Waals surface area contributed by atoms with E-state index in [9.17, 15) is 13.2 Å². The van der Waals surface area contributed by atoms with Gasteiger partial charge in [-0.15, -0.1) is 11.8 Å². The van der Waals surface area contributed by atoms with Gasteiger partial charge in [-0.3, -0.25) is 4.79 Å². The number of benzene rings is 1. The molecule has 1 aromatic rings. The van der Waals surface area contributed by atoms with E-state index in [0.29, 0.717) is 12.2 Å². The maximum Gasteiger partial charge on any atom is 0.267 e. The fourth-order valence-corrected chi connectivity index (χ4v) is 5.05. The molecule has 1 saturated heterocycles.